The second kappa shape index (κ2) is 9.64. The van der Waals surface area contributed by atoms with E-state index >= 15 is 4.39 Å². The van der Waals surface area contributed by atoms with E-state index in [0.29, 0.717) is 56.0 Å². The van der Waals surface area contributed by atoms with Gasteiger partial charge in [-0.05, 0) is 72.6 Å². The molecule has 0 saturated heterocycles. The van der Waals surface area contributed by atoms with E-state index in [2.05, 4.69) is 10.3 Å². The van der Waals surface area contributed by atoms with Crippen molar-refractivity contribution in [3.05, 3.63) is 95.6 Å². The highest BCUT2D eigenvalue weighted by Crippen LogP contribution is 2.41. The second-order valence-corrected chi connectivity index (χ2v) is 9.82. The van der Waals surface area contributed by atoms with Gasteiger partial charge in [-0.15, -0.1) is 0 Å². The summed E-state index contributed by atoms with van der Waals surface area (Å²) >= 11 is 0. The fourth-order valence-corrected chi connectivity index (χ4v) is 4.97. The van der Waals surface area contributed by atoms with Gasteiger partial charge in [0.25, 0.3) is 5.91 Å². The predicted molar refractivity (Wildman–Crippen MR) is 152 cm³/mol. The van der Waals surface area contributed by atoms with E-state index < -0.39 is 11.6 Å². The molecule has 1 amide bonds. The first-order chi connectivity index (χ1) is 19.2. The van der Waals surface area contributed by atoms with Gasteiger partial charge in [-0.2, -0.15) is 0 Å². The first-order valence-corrected chi connectivity index (χ1v) is 12.7. The van der Waals surface area contributed by atoms with E-state index in [-0.39, 0.29) is 5.91 Å². The monoisotopic (exact) mass is 537 g/mol. The topological polar surface area (TPSA) is 71.5 Å². The lowest BCUT2D eigenvalue weighted by Gasteiger charge is -2.18. The van der Waals surface area contributed by atoms with Gasteiger partial charge in [-0.3, -0.25) is 4.79 Å². The smallest absolute Gasteiger partial charge is 0.255 e. The summed E-state index contributed by atoms with van der Waals surface area (Å²) in [5, 5.41) is 3.21. The molecule has 8 heteroatoms. The molecule has 0 bridgehead atoms. The first kappa shape index (κ1) is 25.3. The fraction of sp³-hybridized carbons (Fsp3) is 0.125. The number of amides is 1. The standard InChI is InChI=1S/C32H25F2N3O3/c1-17-6-5-7-26-29(17)36-32(40-26)20-12-19(13-22(34)14-20)23-15-24-27(16-25(23)37(3)4)39-30(28(24)31(38)35-2)18-8-10-21(33)11-9-18/h5-16H,1-4H3,(H,35,38). The maximum absolute atomic E-state index is 15.1. The highest BCUT2D eigenvalue weighted by atomic mass is 19.1. The minimum absolute atomic E-state index is 0.307. The Kier molecular flexibility index (Phi) is 6.10. The molecule has 0 fully saturated rings. The third-order valence-corrected chi connectivity index (χ3v) is 6.93. The number of aryl methyl sites for hydroxylation is 1. The summed E-state index contributed by atoms with van der Waals surface area (Å²) in [5.41, 5.74) is 6.14. The number of oxazole rings is 1. The molecule has 0 aliphatic heterocycles. The number of hydrogen-bond acceptors (Lipinski definition) is 5. The number of benzene rings is 4. The summed E-state index contributed by atoms with van der Waals surface area (Å²) in [4.78, 5) is 19.6. The van der Waals surface area contributed by atoms with Gasteiger partial charge in [0.15, 0.2) is 5.58 Å². The van der Waals surface area contributed by atoms with E-state index in [1.807, 2.05) is 62.3 Å². The summed E-state index contributed by atoms with van der Waals surface area (Å²) in [6.45, 7) is 1.94. The zero-order valence-electron chi connectivity index (χ0n) is 22.3. The van der Waals surface area contributed by atoms with Gasteiger partial charge < -0.3 is 19.1 Å². The van der Waals surface area contributed by atoms with Gasteiger partial charge in [0.05, 0.1) is 5.56 Å². The summed E-state index contributed by atoms with van der Waals surface area (Å²) in [6, 6.07) is 19.7. The molecule has 2 heterocycles. The molecular weight excluding hydrogens is 512 g/mol. The van der Waals surface area contributed by atoms with E-state index in [0.717, 1.165) is 16.8 Å². The SMILES string of the molecule is CNC(=O)c1c(-c2ccc(F)cc2)oc2cc(N(C)C)c(-c3cc(F)cc(-c4nc5c(C)cccc5o4)c3)cc12. The average molecular weight is 538 g/mol. The van der Waals surface area contributed by atoms with Crippen molar-refractivity contribution in [1.29, 1.82) is 0 Å². The largest absolute Gasteiger partial charge is 0.455 e. The van der Waals surface area contributed by atoms with Crippen LogP contribution in [0.15, 0.2) is 81.6 Å². The van der Waals surface area contributed by atoms with Crippen molar-refractivity contribution in [3.63, 3.8) is 0 Å². The Bertz CT molecular complexity index is 1920. The summed E-state index contributed by atoms with van der Waals surface area (Å²) in [5.74, 6) is -0.580. The van der Waals surface area contributed by atoms with Gasteiger partial charge >= 0.3 is 0 Å². The highest BCUT2D eigenvalue weighted by Gasteiger charge is 2.24. The molecule has 40 heavy (non-hydrogen) atoms. The maximum Gasteiger partial charge on any atom is 0.255 e. The molecule has 0 spiro atoms. The van der Waals surface area contributed by atoms with Crippen LogP contribution in [0.4, 0.5) is 14.5 Å². The van der Waals surface area contributed by atoms with Crippen LogP contribution >= 0.6 is 0 Å². The Morgan fingerprint density at radius 2 is 1.60 bits per heavy atom. The van der Waals surface area contributed by atoms with Crippen molar-refractivity contribution < 1.29 is 22.4 Å². The fourth-order valence-electron chi connectivity index (χ4n) is 4.97. The highest BCUT2D eigenvalue weighted by molar-refractivity contribution is 6.13. The quantitative estimate of drug-likeness (QED) is 0.245. The number of para-hydroxylation sites is 1. The first-order valence-electron chi connectivity index (χ1n) is 12.7. The number of carbonyl (C=O) groups is 1. The van der Waals surface area contributed by atoms with E-state index in [4.69, 9.17) is 8.83 Å². The van der Waals surface area contributed by atoms with Crippen LogP contribution in [-0.2, 0) is 0 Å². The summed E-state index contributed by atoms with van der Waals surface area (Å²) in [6.07, 6.45) is 0. The van der Waals surface area contributed by atoms with Crippen LogP contribution in [0.25, 0.3) is 56.0 Å². The molecule has 0 aliphatic carbocycles. The molecule has 1 N–H and O–H groups in total. The van der Waals surface area contributed by atoms with Gasteiger partial charge in [-0.1, -0.05) is 12.1 Å². The van der Waals surface area contributed by atoms with Crippen LogP contribution in [0.3, 0.4) is 0 Å². The van der Waals surface area contributed by atoms with Gasteiger partial charge in [0.1, 0.15) is 28.5 Å². The zero-order chi connectivity index (χ0) is 28.1. The Labute approximate surface area is 228 Å². The number of furan rings is 1. The number of fused-ring (bicyclic) bond motifs is 2. The molecular formula is C32H25F2N3O3. The van der Waals surface area contributed by atoms with Crippen molar-refractivity contribution in [2.24, 2.45) is 0 Å². The second-order valence-electron chi connectivity index (χ2n) is 9.82. The number of nitrogens with zero attached hydrogens (tertiary/aromatic N) is 2. The van der Waals surface area contributed by atoms with Crippen LogP contribution in [0.5, 0.6) is 0 Å². The van der Waals surface area contributed by atoms with Gasteiger partial charge in [0.2, 0.25) is 5.89 Å². The molecule has 0 atom stereocenters. The molecule has 0 saturated carbocycles. The lowest BCUT2D eigenvalue weighted by molar-refractivity contribution is 0.0964. The minimum Gasteiger partial charge on any atom is -0.455 e. The molecule has 0 radical (unpaired) electrons. The van der Waals surface area contributed by atoms with E-state index in [9.17, 15) is 9.18 Å². The van der Waals surface area contributed by atoms with Crippen LogP contribution in [0.2, 0.25) is 0 Å². The van der Waals surface area contributed by atoms with E-state index in [1.54, 1.807) is 12.1 Å². The molecule has 6 aromatic rings. The predicted octanol–water partition coefficient (Wildman–Crippen LogP) is 7.59. The van der Waals surface area contributed by atoms with Crippen molar-refractivity contribution in [2.45, 2.75) is 6.92 Å². The van der Waals surface area contributed by atoms with Crippen LogP contribution < -0.4 is 10.2 Å². The minimum atomic E-state index is -0.456. The summed E-state index contributed by atoms with van der Waals surface area (Å²) in [7, 11) is 5.28. The number of halogens is 2. The van der Waals surface area contributed by atoms with Crippen molar-refractivity contribution in [1.82, 2.24) is 10.3 Å². The molecule has 6 rings (SSSR count). The van der Waals surface area contributed by atoms with Gasteiger partial charge in [0, 0.05) is 55.0 Å². The maximum atomic E-state index is 15.1. The number of hydrogen-bond donors (Lipinski definition) is 1. The lowest BCUT2D eigenvalue weighted by atomic mass is 9.96. The molecule has 4 aromatic carbocycles. The number of anilines is 1. The molecule has 0 unspecified atom stereocenters. The number of carbonyl (C=O) groups excluding carboxylic acids is 1. The lowest BCUT2D eigenvalue weighted by Crippen LogP contribution is -2.18. The van der Waals surface area contributed by atoms with Crippen molar-refractivity contribution >= 4 is 33.7 Å². The Morgan fingerprint density at radius 1 is 0.850 bits per heavy atom. The third-order valence-electron chi connectivity index (χ3n) is 6.93. The third kappa shape index (κ3) is 4.27. The number of rotatable bonds is 5. The van der Waals surface area contributed by atoms with Gasteiger partial charge in [-0.25, -0.2) is 13.8 Å². The molecule has 200 valence electrons. The van der Waals surface area contributed by atoms with Crippen LogP contribution in [0.1, 0.15) is 15.9 Å². The van der Waals surface area contributed by atoms with Crippen molar-refractivity contribution in [3.8, 4) is 33.9 Å². The number of nitrogens with one attached hydrogen (secondary N) is 1. The zero-order valence-corrected chi connectivity index (χ0v) is 22.3. The normalized spacial score (nSPS) is 11.3. The Hall–Kier alpha value is -4.98. The Balaban J connectivity index is 1.58. The molecule has 6 nitrogen and oxygen atoms in total. The summed E-state index contributed by atoms with van der Waals surface area (Å²) < 4.78 is 40.9. The van der Waals surface area contributed by atoms with E-state index in [1.165, 1.54) is 31.3 Å². The van der Waals surface area contributed by atoms with Crippen LogP contribution in [-0.4, -0.2) is 32.0 Å². The Morgan fingerprint density at radius 3 is 2.30 bits per heavy atom. The average Bonchev–Trinajstić information content (AvgIpc) is 3.54. The van der Waals surface area contributed by atoms with Crippen LogP contribution in [0, 0.1) is 18.6 Å². The van der Waals surface area contributed by atoms with Crippen molar-refractivity contribution in [2.75, 3.05) is 26.0 Å². The molecule has 0 aliphatic rings. The number of aromatic nitrogens is 1. The molecule has 2 aromatic heterocycles.